The van der Waals surface area contributed by atoms with Gasteiger partial charge in [-0.1, -0.05) is 39.2 Å². The van der Waals surface area contributed by atoms with Crippen LogP contribution < -0.4 is 0 Å². The van der Waals surface area contributed by atoms with Crippen molar-refractivity contribution in [3.63, 3.8) is 0 Å². The monoisotopic (exact) mass is 1410 g/mol. The first kappa shape index (κ1) is 90.3. The second-order valence-corrected chi connectivity index (χ2v) is 67.8. The molecule has 0 aliphatic rings. The van der Waals surface area contributed by atoms with Gasteiger partial charge in [-0.05, 0) is 247 Å². The molecular weight excluding hydrogens is 1270 g/mol. The fourth-order valence-corrected chi connectivity index (χ4v) is 52.2. The Kier molecular flexibility index (Phi) is 42.2. The van der Waals surface area contributed by atoms with Gasteiger partial charge < -0.3 is 54.2 Å². The summed E-state index contributed by atoms with van der Waals surface area (Å²) in [4.78, 5) is 50.8. The van der Waals surface area contributed by atoms with Crippen LogP contribution in [0.15, 0.2) is 48.6 Å². The fraction of sp³-hybridized carbons (Fsp3) is 0.818. The number of carbonyl (C=O) groups is 4. The van der Waals surface area contributed by atoms with E-state index in [9.17, 15) is 19.2 Å². The Labute approximate surface area is 562 Å². The molecule has 0 bridgehead atoms. The van der Waals surface area contributed by atoms with Crippen LogP contribution in [0, 0.1) is 0 Å². The second-order valence-electron chi connectivity index (χ2n) is 32.4. The second kappa shape index (κ2) is 42.0. The molecule has 24 heteroatoms. The van der Waals surface area contributed by atoms with Gasteiger partial charge in [-0.15, -0.1) is 0 Å². The average Bonchev–Trinajstić information content (AvgIpc) is 1.08. The van der Waals surface area contributed by atoms with Gasteiger partial charge in [-0.2, -0.15) is 0 Å². The van der Waals surface area contributed by atoms with Crippen molar-refractivity contribution in [2.75, 3.05) is 121 Å². The van der Waals surface area contributed by atoms with Crippen LogP contribution in [0.4, 0.5) is 0 Å². The molecule has 0 atom stereocenters. The van der Waals surface area contributed by atoms with Crippen LogP contribution in [0.3, 0.4) is 0 Å². The number of rotatable bonds is 50. The number of hydrogen-bond acceptors (Lipinski definition) is 14. The van der Waals surface area contributed by atoms with Gasteiger partial charge in [0.05, 0.1) is 41.3 Å². The lowest BCUT2D eigenvalue weighted by Gasteiger charge is -2.38. The third-order valence-corrected chi connectivity index (χ3v) is 47.0. The van der Waals surface area contributed by atoms with Crippen molar-refractivity contribution in [1.29, 1.82) is 0 Å². The van der Waals surface area contributed by atoms with E-state index in [2.05, 4.69) is 183 Å². The highest BCUT2D eigenvalue weighted by atomic mass is 28.4. The standard InChI is InChI=1S/C34H74N2O6Si4.C32H68N2O6Si4/c1-31(2)33(37)39-25-23-35(5,6)21-17-19-27-43(9,10)41-45(13,14)29-30-46(15,16)42-44(11,12)28-20-18-22-36(7,8)24-26-40-34(38)32(3)4;1-29(2)31(35)37-23-21-33(5)19-15-17-25-41(7,8)39-43(11,12)27-28-44(13,14)40-42(9,10)26-18-16-20-34(6)22-24-38-32(36)30(3)4/h1,3,17-30H2,2,4-16H3;1,3,15-28H2,2,4-14H3/q+2;. The SMILES string of the molecule is C=C(C)C(=O)OCCN(C)CCCC[Si](C)(C)O[Si](C)(C)CC[Si](C)(C)O[Si](C)(C)CCCCN(C)CCOC(=O)C(=C)C.C=C(C)C(=O)OCC[N+](C)(C)CCCC[Si](C)(C)O[Si](C)(C)CC[Si](C)(C)O[Si](C)(C)CCCC[N+](C)(C)CCOC(=O)C(=C)C. The zero-order valence-corrected chi connectivity index (χ0v) is 71.3. The Morgan fingerprint density at radius 3 is 0.722 bits per heavy atom. The molecule has 0 aliphatic heterocycles. The molecule has 0 aromatic heterocycles. The molecular formula is C66H142N4O12Si8+2. The molecule has 0 unspecified atom stereocenters. The summed E-state index contributed by atoms with van der Waals surface area (Å²) in [5.41, 5.74) is 1.79. The van der Waals surface area contributed by atoms with E-state index in [0.717, 1.165) is 87.0 Å². The van der Waals surface area contributed by atoms with Crippen molar-refractivity contribution in [3.8, 4) is 0 Å². The van der Waals surface area contributed by atoms with E-state index < -0.39 is 66.5 Å². The van der Waals surface area contributed by atoms with Crippen molar-refractivity contribution < 1.29 is 63.6 Å². The molecule has 0 aliphatic carbocycles. The van der Waals surface area contributed by atoms with E-state index in [1.807, 2.05) is 0 Å². The van der Waals surface area contributed by atoms with Crippen molar-refractivity contribution in [2.45, 2.75) is 232 Å². The van der Waals surface area contributed by atoms with E-state index in [1.54, 1.807) is 27.7 Å². The molecule has 0 fully saturated rings. The molecule has 0 spiro atoms. The summed E-state index contributed by atoms with van der Waals surface area (Å²) in [6.45, 7) is 68.4. The lowest BCUT2D eigenvalue weighted by Crippen LogP contribution is -2.48. The van der Waals surface area contributed by atoms with E-state index in [-0.39, 0.29) is 23.9 Å². The maximum atomic E-state index is 11.7. The maximum absolute atomic E-state index is 11.7. The number of esters is 4. The van der Waals surface area contributed by atoms with Gasteiger partial charge in [0.15, 0.2) is 66.5 Å². The van der Waals surface area contributed by atoms with Crippen molar-refractivity contribution in [1.82, 2.24) is 9.80 Å². The first-order valence-corrected chi connectivity index (χ1v) is 58.8. The Hall–Kier alpha value is -1.74. The number of carbonyl (C=O) groups excluding carboxylic acids is 4. The Morgan fingerprint density at radius 1 is 0.300 bits per heavy atom. The lowest BCUT2D eigenvalue weighted by atomic mass is 10.3. The molecule has 0 aromatic carbocycles. The number of hydrogen-bond donors (Lipinski definition) is 0. The molecule has 90 heavy (non-hydrogen) atoms. The molecule has 0 radical (unpaired) electrons. The highest BCUT2D eigenvalue weighted by Gasteiger charge is 2.40. The number of ether oxygens (including phenoxy) is 4. The van der Waals surface area contributed by atoms with E-state index in [4.69, 9.17) is 35.4 Å². The van der Waals surface area contributed by atoms with Crippen LogP contribution in [0.2, 0.25) is 153 Å². The van der Waals surface area contributed by atoms with Crippen LogP contribution in [-0.4, -0.2) is 230 Å². The topological polar surface area (TPSA) is 149 Å². The predicted octanol–water partition coefficient (Wildman–Crippen LogP) is 15.3. The average molecular weight is 1410 g/mol. The number of likely N-dealkylation sites (N-methyl/N-ethyl adjacent to an activating group) is 4. The zero-order valence-electron chi connectivity index (χ0n) is 63.3. The number of quaternary nitrogens is 2. The van der Waals surface area contributed by atoms with Crippen molar-refractivity contribution in [3.05, 3.63) is 48.6 Å². The minimum Gasteiger partial charge on any atom is -0.461 e. The van der Waals surface area contributed by atoms with Gasteiger partial charge in [-0.25, -0.2) is 19.2 Å². The Balaban J connectivity index is 0. The lowest BCUT2D eigenvalue weighted by molar-refractivity contribution is -0.890. The maximum Gasteiger partial charge on any atom is 0.333 e. The van der Waals surface area contributed by atoms with Crippen LogP contribution in [-0.2, 0) is 54.6 Å². The third kappa shape index (κ3) is 49.8. The van der Waals surface area contributed by atoms with Crippen LogP contribution >= 0.6 is 0 Å². The smallest absolute Gasteiger partial charge is 0.333 e. The summed E-state index contributed by atoms with van der Waals surface area (Å²) in [6.07, 6.45) is 9.25. The van der Waals surface area contributed by atoms with Crippen molar-refractivity contribution >= 4 is 90.4 Å². The molecule has 16 nitrogen and oxygen atoms in total. The number of nitrogens with zero attached hydrogens (tertiary/aromatic N) is 4. The normalized spacial score (nSPS) is 13.2. The first-order valence-electron chi connectivity index (χ1n) is 33.9. The van der Waals surface area contributed by atoms with Crippen LogP contribution in [0.25, 0.3) is 0 Å². The highest BCUT2D eigenvalue weighted by molar-refractivity contribution is 6.89. The molecule has 0 saturated heterocycles. The summed E-state index contributed by atoms with van der Waals surface area (Å²) in [5.74, 6) is -1.23. The Morgan fingerprint density at radius 2 is 0.500 bits per heavy atom. The van der Waals surface area contributed by atoms with Gasteiger partial charge in [0.25, 0.3) is 0 Å². The summed E-state index contributed by atoms with van der Waals surface area (Å²) in [6, 6.07) is 9.38. The summed E-state index contributed by atoms with van der Waals surface area (Å²) in [5, 5.41) is 0. The zero-order chi connectivity index (χ0) is 70.2. The molecule has 0 heterocycles. The molecule has 528 valence electrons. The largest absolute Gasteiger partial charge is 0.461 e. The van der Waals surface area contributed by atoms with E-state index in [0.29, 0.717) is 48.7 Å². The Bertz CT molecular complexity index is 2060. The molecule has 0 amide bonds. The summed E-state index contributed by atoms with van der Waals surface area (Å²) in [7, 11) is -1.20. The van der Waals surface area contributed by atoms with Gasteiger partial charge in [0, 0.05) is 35.4 Å². The van der Waals surface area contributed by atoms with Crippen molar-refractivity contribution in [2.24, 2.45) is 0 Å². The minimum absolute atomic E-state index is 0.302. The van der Waals surface area contributed by atoms with Gasteiger partial charge >= 0.3 is 23.9 Å². The number of unbranched alkanes of at least 4 members (excludes halogenated alkanes) is 4. The summed E-state index contributed by atoms with van der Waals surface area (Å²) >= 11 is 0. The van der Waals surface area contributed by atoms with E-state index in [1.165, 1.54) is 74.0 Å². The van der Waals surface area contributed by atoms with Gasteiger partial charge in [0.1, 0.15) is 39.5 Å². The molecule has 0 aromatic rings. The van der Waals surface area contributed by atoms with E-state index >= 15 is 0 Å². The predicted molar refractivity (Wildman–Crippen MR) is 401 cm³/mol. The summed E-state index contributed by atoms with van der Waals surface area (Å²) < 4.78 is 50.7. The molecule has 0 rings (SSSR count). The van der Waals surface area contributed by atoms with Gasteiger partial charge in [-0.3, -0.25) is 0 Å². The van der Waals surface area contributed by atoms with Gasteiger partial charge in [0.2, 0.25) is 0 Å². The van der Waals surface area contributed by atoms with Crippen LogP contribution in [0.5, 0.6) is 0 Å². The quantitative estimate of drug-likeness (QED) is 0.0142. The highest BCUT2D eigenvalue weighted by Crippen LogP contribution is 2.32. The first-order chi connectivity index (χ1) is 40.8. The molecule has 0 N–H and O–H groups in total. The third-order valence-electron chi connectivity index (χ3n) is 16.3. The minimum atomic E-state index is -1.80. The van der Waals surface area contributed by atoms with Crippen LogP contribution in [0.1, 0.15) is 79.1 Å². The molecule has 0 saturated carbocycles. The fourth-order valence-electron chi connectivity index (χ4n) is 10.9.